The van der Waals surface area contributed by atoms with Crippen molar-refractivity contribution in [1.82, 2.24) is 15.6 Å². The monoisotopic (exact) mass is 346 g/mol. The van der Waals surface area contributed by atoms with Gasteiger partial charge in [0.15, 0.2) is 5.96 Å². The highest BCUT2D eigenvalue weighted by Gasteiger charge is 2.06. The lowest BCUT2D eigenvalue weighted by atomic mass is 10.1. The maximum Gasteiger partial charge on any atom is 0.226 e. The van der Waals surface area contributed by atoms with Crippen LogP contribution in [0.2, 0.25) is 0 Å². The van der Waals surface area contributed by atoms with Crippen LogP contribution in [0, 0.1) is 6.92 Å². The molecule has 2 rings (SSSR count). The Labute approximate surface area is 148 Å². The summed E-state index contributed by atoms with van der Waals surface area (Å²) in [5.41, 5.74) is 3.18. The average molecular weight is 347 g/mol. The normalized spacial score (nSPS) is 11.5. The summed E-state index contributed by atoms with van der Waals surface area (Å²) in [6.45, 7) is 6.58. The molecule has 0 aliphatic heterocycles. The molecule has 0 unspecified atom stereocenters. The van der Waals surface area contributed by atoms with E-state index >= 15 is 0 Å². The molecule has 0 aliphatic rings. The van der Waals surface area contributed by atoms with Crippen LogP contribution in [0.3, 0.4) is 0 Å². The third kappa shape index (κ3) is 5.92. The lowest BCUT2D eigenvalue weighted by Gasteiger charge is -2.10. The number of hydrogen-bond acceptors (Lipinski definition) is 4. The van der Waals surface area contributed by atoms with Gasteiger partial charge in [-0.15, -0.1) is 0 Å². The number of thioether (sulfide) groups is 1. The van der Waals surface area contributed by atoms with E-state index in [1.54, 1.807) is 18.0 Å². The molecule has 0 bridgehead atoms. The molecule has 0 radical (unpaired) electrons. The van der Waals surface area contributed by atoms with Gasteiger partial charge < -0.3 is 15.1 Å². The lowest BCUT2D eigenvalue weighted by Crippen LogP contribution is -2.38. The molecular formula is C18H26N4OS. The number of nitrogens with zero attached hydrogens (tertiary/aromatic N) is 2. The molecule has 2 aromatic rings. The molecule has 5 nitrogen and oxygen atoms in total. The molecular weight excluding hydrogens is 320 g/mol. The number of aliphatic imine (C=N–C) groups is 1. The molecule has 6 heteroatoms. The minimum atomic E-state index is 0.672. The Hall–Kier alpha value is -1.95. The van der Waals surface area contributed by atoms with Crippen molar-refractivity contribution in [3.05, 3.63) is 41.8 Å². The first-order valence-corrected chi connectivity index (χ1v) is 9.65. The van der Waals surface area contributed by atoms with Crippen molar-refractivity contribution in [2.24, 2.45) is 4.99 Å². The molecule has 2 N–H and O–H groups in total. The van der Waals surface area contributed by atoms with Crippen LogP contribution in [-0.4, -0.2) is 42.6 Å². The van der Waals surface area contributed by atoms with E-state index in [-0.39, 0.29) is 0 Å². The van der Waals surface area contributed by atoms with Crippen LogP contribution in [0.5, 0.6) is 0 Å². The predicted molar refractivity (Wildman–Crippen MR) is 103 cm³/mol. The zero-order valence-electron chi connectivity index (χ0n) is 14.6. The molecule has 0 amide bonds. The summed E-state index contributed by atoms with van der Waals surface area (Å²) >= 11 is 1.80. The Balaban J connectivity index is 1.85. The van der Waals surface area contributed by atoms with Gasteiger partial charge in [-0.3, -0.25) is 4.99 Å². The number of aryl methyl sites for hydroxylation is 1. The molecule has 24 heavy (non-hydrogen) atoms. The number of benzene rings is 1. The van der Waals surface area contributed by atoms with Crippen LogP contribution < -0.4 is 10.6 Å². The van der Waals surface area contributed by atoms with E-state index in [1.165, 1.54) is 5.56 Å². The zero-order valence-corrected chi connectivity index (χ0v) is 15.4. The van der Waals surface area contributed by atoms with Gasteiger partial charge in [0, 0.05) is 30.8 Å². The molecule has 0 spiro atoms. The first kappa shape index (κ1) is 18.4. The van der Waals surface area contributed by atoms with Crippen molar-refractivity contribution in [3.8, 4) is 11.5 Å². The van der Waals surface area contributed by atoms with Crippen LogP contribution in [0.1, 0.15) is 18.2 Å². The first-order chi connectivity index (χ1) is 11.7. The SMILES string of the molecule is CCNC(=NCCSC)NCCc1coc(-c2ccc(C)cc2)n1. The van der Waals surface area contributed by atoms with E-state index in [4.69, 9.17) is 4.42 Å². The number of rotatable bonds is 8. The van der Waals surface area contributed by atoms with Gasteiger partial charge in [-0.25, -0.2) is 4.98 Å². The third-order valence-corrected chi connectivity index (χ3v) is 4.02. The molecule has 0 atom stereocenters. The molecule has 1 aromatic carbocycles. The second-order valence-electron chi connectivity index (χ2n) is 5.44. The number of nitrogens with one attached hydrogen (secondary N) is 2. The maximum atomic E-state index is 5.59. The Bertz CT molecular complexity index is 637. The zero-order chi connectivity index (χ0) is 17.2. The lowest BCUT2D eigenvalue weighted by molar-refractivity contribution is 0.572. The molecule has 0 aliphatic carbocycles. The Morgan fingerprint density at radius 1 is 1.25 bits per heavy atom. The second kappa shape index (κ2) is 10.0. The number of oxazole rings is 1. The predicted octanol–water partition coefficient (Wildman–Crippen LogP) is 3.11. The van der Waals surface area contributed by atoms with Crippen molar-refractivity contribution in [2.45, 2.75) is 20.3 Å². The largest absolute Gasteiger partial charge is 0.444 e. The van der Waals surface area contributed by atoms with Crippen molar-refractivity contribution in [3.63, 3.8) is 0 Å². The van der Waals surface area contributed by atoms with E-state index in [9.17, 15) is 0 Å². The smallest absolute Gasteiger partial charge is 0.226 e. The van der Waals surface area contributed by atoms with Gasteiger partial charge in [-0.2, -0.15) is 11.8 Å². The van der Waals surface area contributed by atoms with Gasteiger partial charge >= 0.3 is 0 Å². The average Bonchev–Trinajstić information content (AvgIpc) is 3.04. The van der Waals surface area contributed by atoms with Crippen LogP contribution in [0.25, 0.3) is 11.5 Å². The van der Waals surface area contributed by atoms with Crippen LogP contribution in [0.4, 0.5) is 0 Å². The minimum Gasteiger partial charge on any atom is -0.444 e. The minimum absolute atomic E-state index is 0.672. The fourth-order valence-electron chi connectivity index (χ4n) is 2.15. The van der Waals surface area contributed by atoms with Crippen molar-refractivity contribution in [2.75, 3.05) is 31.6 Å². The summed E-state index contributed by atoms with van der Waals surface area (Å²) in [4.78, 5) is 9.08. The standard InChI is InChI=1S/C18H26N4OS/c1-4-19-18(21-11-12-24-3)20-10-9-16-13-23-17(22-16)15-7-5-14(2)6-8-15/h5-8,13H,4,9-12H2,1-3H3,(H2,19,20,21). The third-order valence-electron chi connectivity index (χ3n) is 3.43. The van der Waals surface area contributed by atoms with Crippen molar-refractivity contribution < 1.29 is 4.42 Å². The van der Waals surface area contributed by atoms with Gasteiger partial charge in [-0.05, 0) is 32.2 Å². The van der Waals surface area contributed by atoms with E-state index in [0.717, 1.165) is 49.0 Å². The maximum absolute atomic E-state index is 5.59. The quantitative estimate of drug-likeness (QED) is 0.437. The molecule has 1 heterocycles. The summed E-state index contributed by atoms with van der Waals surface area (Å²) in [6.07, 6.45) is 4.61. The van der Waals surface area contributed by atoms with Crippen LogP contribution in [-0.2, 0) is 6.42 Å². The number of aromatic nitrogens is 1. The van der Waals surface area contributed by atoms with Crippen LogP contribution in [0.15, 0.2) is 39.9 Å². The molecule has 0 saturated carbocycles. The summed E-state index contributed by atoms with van der Waals surface area (Å²) < 4.78 is 5.59. The van der Waals surface area contributed by atoms with Crippen LogP contribution >= 0.6 is 11.8 Å². The number of hydrogen-bond donors (Lipinski definition) is 2. The highest BCUT2D eigenvalue weighted by atomic mass is 32.2. The van der Waals surface area contributed by atoms with Gasteiger partial charge in [-0.1, -0.05) is 17.7 Å². The fourth-order valence-corrected chi connectivity index (χ4v) is 2.42. The summed E-state index contributed by atoms with van der Waals surface area (Å²) in [7, 11) is 0. The molecule has 0 fully saturated rings. The van der Waals surface area contributed by atoms with Crippen molar-refractivity contribution in [1.29, 1.82) is 0 Å². The Kier molecular flexibility index (Phi) is 7.68. The van der Waals surface area contributed by atoms with Gasteiger partial charge in [0.2, 0.25) is 5.89 Å². The van der Waals surface area contributed by atoms with Gasteiger partial charge in [0.05, 0.1) is 12.2 Å². The van der Waals surface area contributed by atoms with Gasteiger partial charge in [0.25, 0.3) is 0 Å². The summed E-state index contributed by atoms with van der Waals surface area (Å²) in [6, 6.07) is 8.19. The second-order valence-corrected chi connectivity index (χ2v) is 6.43. The highest BCUT2D eigenvalue weighted by Crippen LogP contribution is 2.19. The van der Waals surface area contributed by atoms with E-state index in [0.29, 0.717) is 5.89 Å². The Morgan fingerprint density at radius 3 is 2.75 bits per heavy atom. The molecule has 130 valence electrons. The molecule has 0 saturated heterocycles. The van der Waals surface area contributed by atoms with E-state index < -0.39 is 0 Å². The summed E-state index contributed by atoms with van der Waals surface area (Å²) in [5.74, 6) is 2.55. The fraction of sp³-hybridized carbons (Fsp3) is 0.444. The van der Waals surface area contributed by atoms with Crippen molar-refractivity contribution >= 4 is 17.7 Å². The topological polar surface area (TPSA) is 62.5 Å². The highest BCUT2D eigenvalue weighted by molar-refractivity contribution is 7.98. The molecule has 1 aromatic heterocycles. The van der Waals surface area contributed by atoms with E-state index in [2.05, 4.69) is 52.8 Å². The Morgan fingerprint density at radius 2 is 2.04 bits per heavy atom. The summed E-state index contributed by atoms with van der Waals surface area (Å²) in [5, 5.41) is 6.58. The van der Waals surface area contributed by atoms with E-state index in [1.807, 2.05) is 12.1 Å². The first-order valence-electron chi connectivity index (χ1n) is 8.25. The number of guanidine groups is 1. The van der Waals surface area contributed by atoms with Gasteiger partial charge in [0.1, 0.15) is 6.26 Å².